The van der Waals surface area contributed by atoms with Gasteiger partial charge in [-0.2, -0.15) is 0 Å². The van der Waals surface area contributed by atoms with Crippen molar-refractivity contribution in [3.63, 3.8) is 0 Å². The van der Waals surface area contributed by atoms with Gasteiger partial charge < -0.3 is 0 Å². The van der Waals surface area contributed by atoms with Crippen LogP contribution in [-0.4, -0.2) is 5.78 Å². The number of carbonyl (C=O) groups is 1. The van der Waals surface area contributed by atoms with E-state index in [9.17, 15) is 4.79 Å². The Morgan fingerprint density at radius 1 is 1.67 bits per heavy atom. The minimum atomic E-state index is -0.0885. The van der Waals surface area contributed by atoms with E-state index in [0.717, 1.165) is 12.8 Å². The lowest BCUT2D eigenvalue weighted by atomic mass is 9.69. The van der Waals surface area contributed by atoms with E-state index in [1.165, 1.54) is 0 Å². The number of hydrogen-bond acceptors (Lipinski definition) is 1. The third-order valence-corrected chi connectivity index (χ3v) is 2.04. The van der Waals surface area contributed by atoms with Crippen LogP contribution in [-0.2, 0) is 4.79 Å². The fourth-order valence-electron chi connectivity index (χ4n) is 1.17. The predicted octanol–water partition coefficient (Wildman–Crippen LogP) is 1.93. The fourth-order valence-corrected chi connectivity index (χ4v) is 1.17. The first-order valence-electron chi connectivity index (χ1n) is 3.36. The van der Waals surface area contributed by atoms with Gasteiger partial charge in [0, 0.05) is 11.8 Å². The highest BCUT2D eigenvalue weighted by atomic mass is 16.1. The number of allylic oxidation sites excluding steroid dienone is 2. The Kier molecular flexibility index (Phi) is 1.43. The molecule has 1 saturated carbocycles. The predicted molar refractivity (Wildman–Crippen MR) is 37.2 cm³/mol. The van der Waals surface area contributed by atoms with Gasteiger partial charge in [-0.3, -0.25) is 4.79 Å². The zero-order valence-corrected chi connectivity index (χ0v) is 5.98. The maximum Gasteiger partial charge on any atom is 0.142 e. The monoisotopic (exact) mass is 124 g/mol. The molecule has 1 nitrogen and oxygen atoms in total. The Bertz CT molecular complexity index is 158. The number of hydrogen-bond donors (Lipinski definition) is 0. The van der Waals surface area contributed by atoms with Gasteiger partial charge >= 0.3 is 0 Å². The molecule has 1 aliphatic rings. The van der Waals surface area contributed by atoms with Gasteiger partial charge in [-0.15, -0.1) is 0 Å². The highest BCUT2D eigenvalue weighted by Crippen LogP contribution is 2.37. The van der Waals surface area contributed by atoms with E-state index in [1.807, 2.05) is 26.0 Å². The normalized spacial score (nSPS) is 35.1. The Labute approximate surface area is 55.8 Å². The van der Waals surface area contributed by atoms with Crippen LogP contribution in [0.1, 0.15) is 26.7 Å². The summed E-state index contributed by atoms with van der Waals surface area (Å²) in [6.45, 7) is 3.95. The second-order valence-electron chi connectivity index (χ2n) is 2.84. The SMILES string of the molecule is C/C=C/C1(C)CCC1=O. The van der Waals surface area contributed by atoms with Gasteiger partial charge in [-0.1, -0.05) is 12.2 Å². The summed E-state index contributed by atoms with van der Waals surface area (Å²) in [4.78, 5) is 10.9. The molecule has 0 aliphatic heterocycles. The van der Waals surface area contributed by atoms with Crippen LogP contribution in [0.5, 0.6) is 0 Å². The van der Waals surface area contributed by atoms with Crippen LogP contribution in [0.3, 0.4) is 0 Å². The lowest BCUT2D eigenvalue weighted by Gasteiger charge is -2.33. The summed E-state index contributed by atoms with van der Waals surface area (Å²) in [5, 5.41) is 0. The number of ketones is 1. The standard InChI is InChI=1S/C8H12O/c1-3-5-8(2)6-4-7(8)9/h3,5H,4,6H2,1-2H3/b5-3+. The molecule has 0 radical (unpaired) electrons. The molecule has 50 valence electrons. The van der Waals surface area contributed by atoms with Crippen LogP contribution >= 0.6 is 0 Å². The van der Waals surface area contributed by atoms with E-state index < -0.39 is 0 Å². The Morgan fingerprint density at radius 2 is 2.33 bits per heavy atom. The Morgan fingerprint density at radius 3 is 2.44 bits per heavy atom. The summed E-state index contributed by atoms with van der Waals surface area (Å²) >= 11 is 0. The largest absolute Gasteiger partial charge is 0.299 e. The second kappa shape index (κ2) is 1.98. The summed E-state index contributed by atoms with van der Waals surface area (Å²) in [6.07, 6.45) is 5.77. The van der Waals surface area contributed by atoms with Gasteiger partial charge in [0.15, 0.2) is 0 Å². The maximum absolute atomic E-state index is 10.9. The quantitative estimate of drug-likeness (QED) is 0.488. The molecule has 0 heterocycles. The van der Waals surface area contributed by atoms with Crippen LogP contribution in [0.4, 0.5) is 0 Å². The van der Waals surface area contributed by atoms with Crippen LogP contribution in [0.2, 0.25) is 0 Å². The lowest BCUT2D eigenvalue weighted by molar-refractivity contribution is -0.133. The van der Waals surface area contributed by atoms with E-state index in [2.05, 4.69) is 0 Å². The van der Waals surface area contributed by atoms with Crippen molar-refractivity contribution >= 4 is 5.78 Å². The first kappa shape index (κ1) is 6.53. The topological polar surface area (TPSA) is 17.1 Å². The molecule has 1 unspecified atom stereocenters. The van der Waals surface area contributed by atoms with Gasteiger partial charge in [0.1, 0.15) is 5.78 Å². The van der Waals surface area contributed by atoms with Crippen molar-refractivity contribution < 1.29 is 4.79 Å². The third kappa shape index (κ3) is 0.913. The first-order chi connectivity index (χ1) is 4.19. The minimum absolute atomic E-state index is 0.0885. The number of Topliss-reactive ketones (excluding diaryl/α,β-unsaturated/α-hetero) is 1. The molecule has 1 atom stereocenters. The van der Waals surface area contributed by atoms with Crippen molar-refractivity contribution in [3.8, 4) is 0 Å². The average molecular weight is 124 g/mol. The van der Waals surface area contributed by atoms with Crippen molar-refractivity contribution in [1.29, 1.82) is 0 Å². The molecule has 1 fully saturated rings. The lowest BCUT2D eigenvalue weighted by Crippen LogP contribution is -2.35. The fraction of sp³-hybridized carbons (Fsp3) is 0.625. The summed E-state index contributed by atoms with van der Waals surface area (Å²) in [5.74, 6) is 0.389. The molecule has 0 aromatic rings. The van der Waals surface area contributed by atoms with Gasteiger partial charge in [0.25, 0.3) is 0 Å². The number of carbonyl (C=O) groups excluding carboxylic acids is 1. The van der Waals surface area contributed by atoms with Crippen molar-refractivity contribution in [1.82, 2.24) is 0 Å². The molecular formula is C8H12O. The summed E-state index contributed by atoms with van der Waals surface area (Å²) in [5.41, 5.74) is -0.0885. The molecule has 0 spiro atoms. The zero-order chi connectivity index (χ0) is 6.91. The van der Waals surface area contributed by atoms with Crippen LogP contribution in [0.25, 0.3) is 0 Å². The van der Waals surface area contributed by atoms with Crippen molar-refractivity contribution in [2.45, 2.75) is 26.7 Å². The maximum atomic E-state index is 10.9. The smallest absolute Gasteiger partial charge is 0.142 e. The Hall–Kier alpha value is -0.590. The molecule has 0 aromatic carbocycles. The van der Waals surface area contributed by atoms with Crippen molar-refractivity contribution in [3.05, 3.63) is 12.2 Å². The Balaban J connectivity index is 2.64. The van der Waals surface area contributed by atoms with Gasteiger partial charge in [-0.05, 0) is 20.3 Å². The summed E-state index contributed by atoms with van der Waals surface area (Å²) < 4.78 is 0. The van der Waals surface area contributed by atoms with Crippen LogP contribution < -0.4 is 0 Å². The van der Waals surface area contributed by atoms with E-state index >= 15 is 0 Å². The third-order valence-electron chi connectivity index (χ3n) is 2.04. The van der Waals surface area contributed by atoms with E-state index in [-0.39, 0.29) is 5.41 Å². The van der Waals surface area contributed by atoms with Crippen LogP contribution in [0, 0.1) is 5.41 Å². The highest BCUT2D eigenvalue weighted by Gasteiger charge is 2.38. The molecule has 0 amide bonds. The van der Waals surface area contributed by atoms with Gasteiger partial charge in [0.2, 0.25) is 0 Å². The van der Waals surface area contributed by atoms with Crippen molar-refractivity contribution in [2.24, 2.45) is 5.41 Å². The molecule has 9 heavy (non-hydrogen) atoms. The van der Waals surface area contributed by atoms with E-state index in [0.29, 0.717) is 5.78 Å². The first-order valence-corrected chi connectivity index (χ1v) is 3.36. The van der Waals surface area contributed by atoms with Crippen LogP contribution in [0.15, 0.2) is 12.2 Å². The highest BCUT2D eigenvalue weighted by molar-refractivity contribution is 5.91. The zero-order valence-electron chi connectivity index (χ0n) is 5.98. The molecule has 1 aliphatic carbocycles. The molecule has 0 aromatic heterocycles. The van der Waals surface area contributed by atoms with Crippen molar-refractivity contribution in [2.75, 3.05) is 0 Å². The molecular weight excluding hydrogens is 112 g/mol. The molecule has 0 saturated heterocycles. The molecule has 1 heteroatoms. The molecule has 0 bridgehead atoms. The molecule has 0 N–H and O–H groups in total. The van der Waals surface area contributed by atoms with Gasteiger partial charge in [-0.25, -0.2) is 0 Å². The summed E-state index contributed by atoms with van der Waals surface area (Å²) in [7, 11) is 0. The molecule has 1 rings (SSSR count). The minimum Gasteiger partial charge on any atom is -0.299 e. The van der Waals surface area contributed by atoms with E-state index in [4.69, 9.17) is 0 Å². The van der Waals surface area contributed by atoms with E-state index in [1.54, 1.807) is 0 Å². The van der Waals surface area contributed by atoms with Gasteiger partial charge in [0.05, 0.1) is 0 Å². The summed E-state index contributed by atoms with van der Waals surface area (Å²) in [6, 6.07) is 0. The number of rotatable bonds is 1. The average Bonchev–Trinajstić information content (AvgIpc) is 1.86. The second-order valence-corrected chi connectivity index (χ2v) is 2.84.